The fourth-order valence-corrected chi connectivity index (χ4v) is 5.33. The van der Waals surface area contributed by atoms with Crippen molar-refractivity contribution in [2.75, 3.05) is 12.4 Å². The largest absolute Gasteiger partial charge is 0.497 e. The number of hydrogen-bond acceptors (Lipinski definition) is 6. The number of nitrogens with zero attached hydrogens (tertiary/aromatic N) is 1. The maximum Gasteiger partial charge on any atom is 0.260 e. The average Bonchev–Trinajstić information content (AvgIpc) is 3.25. The minimum atomic E-state index is -0.337. The zero-order valence-electron chi connectivity index (χ0n) is 17.9. The van der Waals surface area contributed by atoms with E-state index in [1.165, 1.54) is 23.1 Å². The van der Waals surface area contributed by atoms with E-state index in [1.807, 2.05) is 49.6 Å². The smallest absolute Gasteiger partial charge is 0.260 e. The highest BCUT2D eigenvalue weighted by Crippen LogP contribution is 2.34. The summed E-state index contributed by atoms with van der Waals surface area (Å²) >= 11 is 2.90. The van der Waals surface area contributed by atoms with Gasteiger partial charge in [-0.15, -0.1) is 23.1 Å². The molecule has 2 atom stereocenters. The Morgan fingerprint density at radius 3 is 2.53 bits per heavy atom. The Labute approximate surface area is 194 Å². The standard InChI is InChI=1S/C24H23N3O3S2/c1-14(32-15(2)22(28)25-17-9-11-18(30-3)12-10-17)21-26-23(29)20-19(13-31-24(20)27-21)16-7-5-4-6-8-16/h4-15H,1-3H3,(H,25,28)(H,26,27,29). The SMILES string of the molecule is COc1ccc(NC(=O)C(C)SC(C)c2nc3scc(-c4ccccc4)c3c(=O)[nH]2)cc1. The molecule has 0 spiro atoms. The van der Waals surface area contributed by atoms with Crippen LogP contribution >= 0.6 is 23.1 Å². The summed E-state index contributed by atoms with van der Waals surface area (Å²) in [5.74, 6) is 1.18. The topological polar surface area (TPSA) is 84.1 Å². The summed E-state index contributed by atoms with van der Waals surface area (Å²) in [6, 6.07) is 17.0. The van der Waals surface area contributed by atoms with Crippen molar-refractivity contribution in [3.63, 3.8) is 0 Å². The molecule has 0 aliphatic rings. The van der Waals surface area contributed by atoms with Crippen LogP contribution in [0, 0.1) is 0 Å². The average molecular weight is 466 g/mol. The number of aromatic amines is 1. The Kier molecular flexibility index (Phi) is 6.62. The third-order valence-electron chi connectivity index (χ3n) is 5.07. The van der Waals surface area contributed by atoms with Crippen LogP contribution in [0.1, 0.15) is 24.9 Å². The molecule has 2 unspecified atom stereocenters. The van der Waals surface area contributed by atoms with Crippen LogP contribution in [0.4, 0.5) is 5.69 Å². The number of fused-ring (bicyclic) bond motifs is 1. The lowest BCUT2D eigenvalue weighted by atomic mass is 10.1. The Morgan fingerprint density at radius 1 is 1.12 bits per heavy atom. The number of amides is 1. The number of anilines is 1. The quantitative estimate of drug-likeness (QED) is 0.377. The van der Waals surface area contributed by atoms with Gasteiger partial charge in [-0.2, -0.15) is 0 Å². The van der Waals surface area contributed by atoms with Crippen molar-refractivity contribution < 1.29 is 9.53 Å². The lowest BCUT2D eigenvalue weighted by Crippen LogP contribution is -2.23. The summed E-state index contributed by atoms with van der Waals surface area (Å²) in [7, 11) is 1.60. The Bertz CT molecular complexity index is 1280. The first kappa shape index (κ1) is 22.1. The van der Waals surface area contributed by atoms with Crippen molar-refractivity contribution in [1.29, 1.82) is 0 Å². The zero-order chi connectivity index (χ0) is 22.7. The van der Waals surface area contributed by atoms with Gasteiger partial charge in [0.2, 0.25) is 5.91 Å². The van der Waals surface area contributed by atoms with Crippen LogP contribution in [0.2, 0.25) is 0 Å². The number of hydrogen-bond donors (Lipinski definition) is 2. The summed E-state index contributed by atoms with van der Waals surface area (Å²) < 4.78 is 5.14. The first-order chi connectivity index (χ1) is 15.5. The number of benzene rings is 2. The van der Waals surface area contributed by atoms with Gasteiger partial charge in [0.25, 0.3) is 5.56 Å². The first-order valence-corrected chi connectivity index (χ1v) is 12.0. The molecule has 0 radical (unpaired) electrons. The number of carbonyl (C=O) groups excluding carboxylic acids is 1. The van der Waals surface area contributed by atoms with Gasteiger partial charge in [0.05, 0.1) is 23.0 Å². The molecule has 2 aromatic carbocycles. The molecule has 0 saturated heterocycles. The van der Waals surface area contributed by atoms with E-state index in [1.54, 1.807) is 31.4 Å². The molecule has 164 valence electrons. The molecule has 0 saturated carbocycles. The summed E-state index contributed by atoms with van der Waals surface area (Å²) in [5.41, 5.74) is 2.42. The Morgan fingerprint density at radius 2 is 1.84 bits per heavy atom. The van der Waals surface area contributed by atoms with Crippen molar-refractivity contribution in [1.82, 2.24) is 9.97 Å². The highest BCUT2D eigenvalue weighted by Gasteiger charge is 2.21. The number of ether oxygens (including phenoxy) is 1. The van der Waals surface area contributed by atoms with Gasteiger partial charge in [-0.1, -0.05) is 30.3 Å². The number of H-pyrrole nitrogens is 1. The molecule has 4 rings (SSSR count). The molecular formula is C24H23N3O3S2. The summed E-state index contributed by atoms with van der Waals surface area (Å²) in [4.78, 5) is 33.8. The maximum atomic E-state index is 12.9. The monoisotopic (exact) mass is 465 g/mol. The van der Waals surface area contributed by atoms with E-state index in [4.69, 9.17) is 9.72 Å². The van der Waals surface area contributed by atoms with Crippen LogP contribution in [0.5, 0.6) is 5.75 Å². The van der Waals surface area contributed by atoms with Crippen LogP contribution in [-0.4, -0.2) is 28.2 Å². The highest BCUT2D eigenvalue weighted by atomic mass is 32.2. The summed E-state index contributed by atoms with van der Waals surface area (Å²) in [6.07, 6.45) is 0. The Balaban J connectivity index is 1.49. The van der Waals surface area contributed by atoms with E-state index in [0.717, 1.165) is 16.9 Å². The van der Waals surface area contributed by atoms with Gasteiger partial charge < -0.3 is 15.0 Å². The van der Waals surface area contributed by atoms with Crippen molar-refractivity contribution in [3.05, 3.63) is 76.2 Å². The third kappa shape index (κ3) is 4.71. The van der Waals surface area contributed by atoms with Gasteiger partial charge in [-0.25, -0.2) is 4.98 Å². The minimum Gasteiger partial charge on any atom is -0.497 e. The number of methoxy groups -OCH3 is 1. The number of aromatic nitrogens is 2. The molecule has 32 heavy (non-hydrogen) atoms. The molecule has 6 nitrogen and oxygen atoms in total. The summed E-state index contributed by atoms with van der Waals surface area (Å²) in [5, 5.41) is 4.98. The Hall–Kier alpha value is -3.10. The molecule has 0 bridgehead atoms. The number of carbonyl (C=O) groups is 1. The molecule has 2 aromatic heterocycles. The van der Waals surface area contributed by atoms with E-state index >= 15 is 0 Å². The van der Waals surface area contributed by atoms with Crippen LogP contribution in [0.15, 0.2) is 64.8 Å². The van der Waals surface area contributed by atoms with Gasteiger partial charge in [-0.05, 0) is 43.7 Å². The first-order valence-electron chi connectivity index (χ1n) is 10.1. The number of nitrogens with one attached hydrogen (secondary N) is 2. The van der Waals surface area contributed by atoms with Gasteiger partial charge in [-0.3, -0.25) is 9.59 Å². The van der Waals surface area contributed by atoms with Gasteiger partial charge in [0.15, 0.2) is 0 Å². The normalized spacial score (nSPS) is 13.0. The predicted molar refractivity (Wildman–Crippen MR) is 133 cm³/mol. The molecule has 2 heterocycles. The van der Waals surface area contributed by atoms with Gasteiger partial charge >= 0.3 is 0 Å². The molecule has 0 aliphatic heterocycles. The van der Waals surface area contributed by atoms with Crippen LogP contribution in [-0.2, 0) is 4.79 Å². The molecular weight excluding hydrogens is 442 g/mol. The fourth-order valence-electron chi connectivity index (χ4n) is 3.34. The van der Waals surface area contributed by atoms with Crippen LogP contribution in [0.25, 0.3) is 21.3 Å². The third-order valence-corrected chi connectivity index (χ3v) is 7.19. The van der Waals surface area contributed by atoms with Crippen LogP contribution in [0.3, 0.4) is 0 Å². The summed E-state index contributed by atoms with van der Waals surface area (Å²) in [6.45, 7) is 3.78. The van der Waals surface area contributed by atoms with Crippen molar-refractivity contribution in [3.8, 4) is 16.9 Å². The van der Waals surface area contributed by atoms with E-state index < -0.39 is 0 Å². The molecule has 0 aliphatic carbocycles. The molecule has 8 heteroatoms. The fraction of sp³-hybridized carbons (Fsp3) is 0.208. The minimum absolute atomic E-state index is 0.113. The number of thioether (sulfide) groups is 1. The van der Waals surface area contributed by atoms with Crippen molar-refractivity contribution >= 4 is 44.9 Å². The predicted octanol–water partition coefficient (Wildman–Crippen LogP) is 5.48. The molecule has 4 aromatic rings. The highest BCUT2D eigenvalue weighted by molar-refractivity contribution is 8.00. The maximum absolute atomic E-state index is 12.9. The molecule has 0 fully saturated rings. The van der Waals surface area contributed by atoms with Crippen molar-refractivity contribution in [2.45, 2.75) is 24.3 Å². The number of thiophene rings is 1. The lowest BCUT2D eigenvalue weighted by Gasteiger charge is -2.16. The van der Waals surface area contributed by atoms with Gasteiger partial charge in [0, 0.05) is 16.6 Å². The molecule has 2 N–H and O–H groups in total. The zero-order valence-corrected chi connectivity index (χ0v) is 19.5. The van der Waals surface area contributed by atoms with E-state index in [0.29, 0.717) is 21.7 Å². The second kappa shape index (κ2) is 9.58. The second-order valence-corrected chi connectivity index (χ2v) is 9.83. The number of rotatable bonds is 7. The second-order valence-electron chi connectivity index (χ2n) is 7.29. The lowest BCUT2D eigenvalue weighted by molar-refractivity contribution is -0.115. The molecule has 1 amide bonds. The van der Waals surface area contributed by atoms with E-state index in [9.17, 15) is 9.59 Å². The van der Waals surface area contributed by atoms with E-state index in [-0.39, 0.29) is 22.0 Å². The van der Waals surface area contributed by atoms with E-state index in [2.05, 4.69) is 10.3 Å². The van der Waals surface area contributed by atoms with Crippen molar-refractivity contribution in [2.24, 2.45) is 0 Å². The van der Waals surface area contributed by atoms with Crippen LogP contribution < -0.4 is 15.6 Å². The van der Waals surface area contributed by atoms with Gasteiger partial charge in [0.1, 0.15) is 16.4 Å².